The molecule has 3 nitrogen and oxygen atoms in total. The first-order chi connectivity index (χ1) is 6.93. The van der Waals surface area contributed by atoms with Crippen molar-refractivity contribution in [3.8, 4) is 12.3 Å². The maximum atomic E-state index is 5.88. The third-order valence-electron chi connectivity index (χ3n) is 3.00. The van der Waals surface area contributed by atoms with E-state index in [1.54, 1.807) is 0 Å². The minimum absolute atomic E-state index is 0.0578. The van der Waals surface area contributed by atoms with E-state index in [1.165, 1.54) is 0 Å². The van der Waals surface area contributed by atoms with Gasteiger partial charge in [-0.3, -0.25) is 5.32 Å². The Kier molecular flexibility index (Phi) is 3.77. The molecule has 1 heterocycles. The molecule has 1 saturated heterocycles. The molecule has 1 fully saturated rings. The first-order valence-electron chi connectivity index (χ1n) is 5.51. The molecule has 15 heavy (non-hydrogen) atoms. The molecule has 1 aliphatic heterocycles. The molecule has 0 aromatic rings. The topological polar surface area (TPSA) is 47.3 Å². The molecule has 2 atom stereocenters. The van der Waals surface area contributed by atoms with Crippen LogP contribution in [0, 0.1) is 12.3 Å². The molecule has 0 amide bonds. The molecular formula is C12H22N2O. The molecule has 0 spiro atoms. The van der Waals surface area contributed by atoms with Crippen molar-refractivity contribution in [3.05, 3.63) is 0 Å². The van der Waals surface area contributed by atoms with Crippen LogP contribution in [-0.4, -0.2) is 30.3 Å². The fourth-order valence-electron chi connectivity index (χ4n) is 2.33. The molecule has 3 heteroatoms. The van der Waals surface area contributed by atoms with Crippen molar-refractivity contribution in [1.82, 2.24) is 5.32 Å². The number of rotatable bonds is 3. The fourth-order valence-corrected chi connectivity index (χ4v) is 2.33. The molecule has 0 bridgehead atoms. The second-order valence-electron chi connectivity index (χ2n) is 5.05. The summed E-state index contributed by atoms with van der Waals surface area (Å²) in [6.07, 6.45) is 7.22. The fraction of sp³-hybridized carbons (Fsp3) is 0.833. The van der Waals surface area contributed by atoms with E-state index in [-0.39, 0.29) is 17.2 Å². The molecule has 0 aromatic heterocycles. The van der Waals surface area contributed by atoms with Gasteiger partial charge in [0.15, 0.2) is 0 Å². The smallest absolute Gasteiger partial charge is 0.0663 e. The van der Waals surface area contributed by atoms with Crippen LogP contribution in [-0.2, 0) is 4.74 Å². The van der Waals surface area contributed by atoms with Crippen LogP contribution in [0.25, 0.3) is 0 Å². The minimum atomic E-state index is -0.112. The Labute approximate surface area is 92.8 Å². The summed E-state index contributed by atoms with van der Waals surface area (Å²) >= 11 is 0. The predicted octanol–water partition coefficient (Wildman–Crippen LogP) is 0.884. The van der Waals surface area contributed by atoms with E-state index in [9.17, 15) is 0 Å². The lowest BCUT2D eigenvalue weighted by molar-refractivity contribution is -0.0864. The second kappa shape index (κ2) is 4.52. The van der Waals surface area contributed by atoms with Gasteiger partial charge in [-0.1, -0.05) is 5.92 Å². The zero-order valence-electron chi connectivity index (χ0n) is 9.97. The number of ether oxygens (including phenoxy) is 1. The Morgan fingerprint density at radius 1 is 1.60 bits per heavy atom. The van der Waals surface area contributed by atoms with Gasteiger partial charge in [0.25, 0.3) is 0 Å². The van der Waals surface area contributed by atoms with E-state index in [2.05, 4.69) is 25.1 Å². The van der Waals surface area contributed by atoms with E-state index in [0.29, 0.717) is 6.54 Å². The van der Waals surface area contributed by atoms with E-state index < -0.39 is 0 Å². The maximum absolute atomic E-state index is 5.88. The summed E-state index contributed by atoms with van der Waals surface area (Å²) in [4.78, 5) is 0. The quantitative estimate of drug-likeness (QED) is 0.680. The van der Waals surface area contributed by atoms with Crippen molar-refractivity contribution in [2.45, 2.75) is 50.8 Å². The Hall–Kier alpha value is -0.560. The molecule has 0 radical (unpaired) electrons. The summed E-state index contributed by atoms with van der Waals surface area (Å²) in [5.74, 6) is 2.69. The van der Waals surface area contributed by atoms with Crippen LogP contribution < -0.4 is 11.1 Å². The van der Waals surface area contributed by atoms with Crippen LogP contribution in [0.15, 0.2) is 0 Å². The highest BCUT2D eigenvalue weighted by Crippen LogP contribution is 2.31. The van der Waals surface area contributed by atoms with Gasteiger partial charge < -0.3 is 10.5 Å². The van der Waals surface area contributed by atoms with Gasteiger partial charge in [0.1, 0.15) is 0 Å². The zero-order chi connectivity index (χ0) is 11.5. The molecule has 1 aliphatic rings. The standard InChI is InChI=1S/C12H22N2O/c1-5-10(2)14-12(9-13)6-7-15-11(3,4)8-12/h1,10,14H,6-9,13H2,2-4H3. The third kappa shape index (κ3) is 3.20. The summed E-state index contributed by atoms with van der Waals surface area (Å²) in [6, 6.07) is 0.0578. The summed E-state index contributed by atoms with van der Waals surface area (Å²) in [6.45, 7) is 7.53. The van der Waals surface area contributed by atoms with Crippen molar-refractivity contribution >= 4 is 0 Å². The lowest BCUT2D eigenvalue weighted by atomic mass is 9.81. The lowest BCUT2D eigenvalue weighted by Crippen LogP contribution is -2.60. The minimum Gasteiger partial charge on any atom is -0.375 e. The van der Waals surface area contributed by atoms with Crippen LogP contribution >= 0.6 is 0 Å². The van der Waals surface area contributed by atoms with E-state index in [4.69, 9.17) is 16.9 Å². The van der Waals surface area contributed by atoms with Crippen LogP contribution in [0.2, 0.25) is 0 Å². The number of hydrogen-bond acceptors (Lipinski definition) is 3. The second-order valence-corrected chi connectivity index (χ2v) is 5.05. The molecule has 2 unspecified atom stereocenters. The largest absolute Gasteiger partial charge is 0.375 e. The number of nitrogens with two attached hydrogens (primary N) is 1. The summed E-state index contributed by atoms with van der Waals surface area (Å²) in [5, 5.41) is 3.45. The highest BCUT2D eigenvalue weighted by Gasteiger charge is 2.40. The van der Waals surface area contributed by atoms with Gasteiger partial charge in [-0.25, -0.2) is 0 Å². The first-order valence-corrected chi connectivity index (χ1v) is 5.51. The SMILES string of the molecule is C#CC(C)NC1(CN)CCOC(C)(C)C1. The average molecular weight is 210 g/mol. The monoisotopic (exact) mass is 210 g/mol. The number of nitrogens with one attached hydrogen (secondary N) is 1. The molecule has 1 rings (SSSR count). The summed E-state index contributed by atoms with van der Waals surface area (Å²) in [7, 11) is 0. The van der Waals surface area contributed by atoms with Gasteiger partial charge in [0.05, 0.1) is 11.6 Å². The van der Waals surface area contributed by atoms with Crippen LogP contribution in [0.5, 0.6) is 0 Å². The molecule has 86 valence electrons. The van der Waals surface area contributed by atoms with Gasteiger partial charge >= 0.3 is 0 Å². The van der Waals surface area contributed by atoms with Crippen molar-refractivity contribution < 1.29 is 4.74 Å². The van der Waals surface area contributed by atoms with E-state index in [1.807, 2.05) is 6.92 Å². The van der Waals surface area contributed by atoms with E-state index >= 15 is 0 Å². The lowest BCUT2D eigenvalue weighted by Gasteiger charge is -2.45. The molecule has 0 saturated carbocycles. The summed E-state index contributed by atoms with van der Waals surface area (Å²) in [5.41, 5.74) is 5.70. The number of terminal acetylenes is 1. The van der Waals surface area contributed by atoms with Crippen molar-refractivity contribution in [2.24, 2.45) is 5.73 Å². The van der Waals surface area contributed by atoms with E-state index in [0.717, 1.165) is 19.4 Å². The summed E-state index contributed by atoms with van der Waals surface area (Å²) < 4.78 is 5.69. The molecule has 0 aliphatic carbocycles. The van der Waals surface area contributed by atoms with Crippen LogP contribution in [0.4, 0.5) is 0 Å². The Balaban J connectivity index is 2.72. The van der Waals surface area contributed by atoms with Gasteiger partial charge in [0.2, 0.25) is 0 Å². The van der Waals surface area contributed by atoms with Gasteiger partial charge in [-0.2, -0.15) is 0 Å². The maximum Gasteiger partial charge on any atom is 0.0663 e. The Bertz CT molecular complexity index is 257. The highest BCUT2D eigenvalue weighted by molar-refractivity contribution is 5.05. The van der Waals surface area contributed by atoms with Gasteiger partial charge in [-0.15, -0.1) is 6.42 Å². The Morgan fingerprint density at radius 2 is 2.27 bits per heavy atom. The predicted molar refractivity (Wildman–Crippen MR) is 62.5 cm³/mol. The van der Waals surface area contributed by atoms with Crippen molar-refractivity contribution in [1.29, 1.82) is 0 Å². The van der Waals surface area contributed by atoms with Crippen molar-refractivity contribution in [3.63, 3.8) is 0 Å². The van der Waals surface area contributed by atoms with Crippen molar-refractivity contribution in [2.75, 3.05) is 13.2 Å². The molecule has 3 N–H and O–H groups in total. The molecular weight excluding hydrogens is 188 g/mol. The first kappa shape index (κ1) is 12.5. The van der Waals surface area contributed by atoms with Crippen LogP contribution in [0.1, 0.15) is 33.6 Å². The third-order valence-corrected chi connectivity index (χ3v) is 3.00. The Morgan fingerprint density at radius 3 is 2.73 bits per heavy atom. The van der Waals surface area contributed by atoms with Gasteiger partial charge in [-0.05, 0) is 33.6 Å². The number of hydrogen-bond donors (Lipinski definition) is 2. The zero-order valence-corrected chi connectivity index (χ0v) is 9.97. The average Bonchev–Trinajstić information content (AvgIpc) is 2.16. The van der Waals surface area contributed by atoms with Gasteiger partial charge in [0, 0.05) is 18.7 Å². The van der Waals surface area contributed by atoms with Crippen LogP contribution in [0.3, 0.4) is 0 Å². The highest BCUT2D eigenvalue weighted by atomic mass is 16.5. The normalized spacial score (nSPS) is 31.9. The molecule has 0 aromatic carbocycles.